The van der Waals surface area contributed by atoms with Crippen LogP contribution in [0.25, 0.3) is 0 Å². The van der Waals surface area contributed by atoms with Crippen molar-refractivity contribution in [1.29, 1.82) is 0 Å². The van der Waals surface area contributed by atoms with Crippen molar-refractivity contribution in [1.82, 2.24) is 0 Å². The Morgan fingerprint density at radius 1 is 1.02 bits per heavy atom. The number of ether oxygens (including phenoxy) is 4. The smallest absolute Gasteiger partial charge is 0.387 e. The molecule has 1 aliphatic carbocycles. The van der Waals surface area contributed by atoms with Gasteiger partial charge in [-0.3, -0.25) is 13.9 Å². The molecule has 49 heavy (non-hydrogen) atoms. The van der Waals surface area contributed by atoms with E-state index in [-0.39, 0.29) is 46.5 Å². The highest BCUT2D eigenvalue weighted by molar-refractivity contribution is 7.74. The van der Waals surface area contributed by atoms with Gasteiger partial charge in [0.1, 0.15) is 28.3 Å². The molecule has 4 rings (SSSR count). The first-order valence-electron chi connectivity index (χ1n) is 15.3. The van der Waals surface area contributed by atoms with Gasteiger partial charge in [0, 0.05) is 18.4 Å². The zero-order valence-corrected chi connectivity index (χ0v) is 29.3. The van der Waals surface area contributed by atoms with Crippen molar-refractivity contribution >= 4 is 51.7 Å². The second-order valence-corrected chi connectivity index (χ2v) is 14.1. The van der Waals surface area contributed by atoms with E-state index in [1.165, 1.54) is 30.3 Å². The minimum atomic E-state index is -3.15. The van der Waals surface area contributed by atoms with Crippen LogP contribution in [0.3, 0.4) is 0 Å². The average Bonchev–Trinajstić information content (AvgIpc) is 3.83. The Hall–Kier alpha value is -3.88. The Labute approximate surface area is 294 Å². The van der Waals surface area contributed by atoms with Crippen molar-refractivity contribution < 1.29 is 50.5 Å². The summed E-state index contributed by atoms with van der Waals surface area (Å²) in [7, 11) is -3.15. The summed E-state index contributed by atoms with van der Waals surface area (Å²) in [4.78, 5) is 25.4. The molecule has 16 heteroatoms. The topological polar surface area (TPSA) is 135 Å². The van der Waals surface area contributed by atoms with Gasteiger partial charge in [-0.2, -0.15) is 13.5 Å². The van der Waals surface area contributed by atoms with Crippen LogP contribution >= 0.6 is 23.2 Å². The van der Waals surface area contributed by atoms with Gasteiger partial charge in [-0.25, -0.2) is 8.42 Å². The van der Waals surface area contributed by atoms with Gasteiger partial charge in [0.2, 0.25) is 10.9 Å². The summed E-state index contributed by atoms with van der Waals surface area (Å²) in [5, 5.41) is 11.9. The molecule has 0 N–H and O–H groups in total. The molecule has 266 valence electrons. The molecule has 0 unspecified atom stereocenters. The van der Waals surface area contributed by atoms with Crippen molar-refractivity contribution in [3.63, 3.8) is 0 Å². The van der Waals surface area contributed by atoms with E-state index in [4.69, 9.17) is 37.4 Å². The van der Waals surface area contributed by atoms with E-state index in [0.29, 0.717) is 33.9 Å². The van der Waals surface area contributed by atoms with Crippen molar-refractivity contribution in [3.8, 4) is 11.5 Å². The highest BCUT2D eigenvalue weighted by Crippen LogP contribution is 2.38. The lowest BCUT2D eigenvalue weighted by Crippen LogP contribution is -2.34. The SMILES string of the molecule is CC(C)(C)OC(=O)CN(c1ccc(CCC(=O)O[C@@H](Cc2c(Cl)c[n+]([O-])cc2Cl)c2ccc(OC(F)F)c(OCC3CC3)c2)cc1)[SH](=O)=O. The van der Waals surface area contributed by atoms with E-state index in [1.807, 2.05) is 0 Å². The molecule has 0 radical (unpaired) electrons. The molecule has 1 aromatic heterocycles. The number of aromatic nitrogens is 1. The number of anilines is 1. The number of nitrogens with zero attached hydrogens (tertiary/aromatic N) is 2. The molecule has 1 aliphatic rings. The molecule has 0 amide bonds. The molecule has 0 saturated heterocycles. The Bertz CT molecular complexity index is 1680. The molecule has 1 heterocycles. The number of hydrogen-bond acceptors (Lipinski definition) is 9. The van der Waals surface area contributed by atoms with Crippen molar-refractivity contribution in [3.05, 3.63) is 86.8 Å². The number of aryl methyl sites for hydroxylation is 1. The van der Waals surface area contributed by atoms with Crippen LogP contribution in [0, 0.1) is 11.1 Å². The van der Waals surface area contributed by atoms with E-state index in [0.717, 1.165) is 29.5 Å². The number of esters is 2. The van der Waals surface area contributed by atoms with Crippen LogP contribution in [-0.2, 0) is 42.8 Å². The third-order valence-corrected chi connectivity index (χ3v) is 8.61. The minimum absolute atomic E-state index is 0.0343. The van der Waals surface area contributed by atoms with Crippen LogP contribution in [0.2, 0.25) is 10.0 Å². The fraction of sp³-hybridized carbons (Fsp3) is 0.424. The maximum absolute atomic E-state index is 13.2. The molecule has 11 nitrogen and oxygen atoms in total. The molecule has 1 atom stereocenters. The Morgan fingerprint density at radius 3 is 2.24 bits per heavy atom. The van der Waals surface area contributed by atoms with Crippen LogP contribution in [-0.4, -0.2) is 45.7 Å². The van der Waals surface area contributed by atoms with Gasteiger partial charge in [-0.05, 0) is 81.3 Å². The predicted octanol–water partition coefficient (Wildman–Crippen LogP) is 6.15. The summed E-state index contributed by atoms with van der Waals surface area (Å²) in [5.41, 5.74) is 0.835. The van der Waals surface area contributed by atoms with Crippen molar-refractivity contribution in [2.75, 3.05) is 17.5 Å². The molecule has 0 bridgehead atoms. The van der Waals surface area contributed by atoms with Crippen LogP contribution in [0.4, 0.5) is 14.5 Å². The molecular weight excluding hydrogens is 709 g/mol. The molecular formula is C33H36Cl2F2N2O9S. The maximum atomic E-state index is 13.2. The zero-order chi connectivity index (χ0) is 35.9. The number of carbonyl (C=O) groups is 2. The molecule has 0 spiro atoms. The number of thiol groups is 1. The highest BCUT2D eigenvalue weighted by Gasteiger charge is 2.27. The quantitative estimate of drug-likeness (QED) is 0.0793. The van der Waals surface area contributed by atoms with Crippen LogP contribution in [0.5, 0.6) is 11.5 Å². The summed E-state index contributed by atoms with van der Waals surface area (Å²) in [6.45, 7) is 1.73. The summed E-state index contributed by atoms with van der Waals surface area (Å²) in [6.07, 6.45) is 3.16. The summed E-state index contributed by atoms with van der Waals surface area (Å²) in [5.74, 6) is -1.16. The molecule has 2 aromatic carbocycles. The first kappa shape index (κ1) is 37.9. The number of pyridine rings is 1. The lowest BCUT2D eigenvalue weighted by Gasteiger charge is -2.23. The number of halogens is 4. The summed E-state index contributed by atoms with van der Waals surface area (Å²) in [6, 6.07) is 10.5. The van der Waals surface area contributed by atoms with Crippen molar-refractivity contribution in [2.45, 2.75) is 71.2 Å². The van der Waals surface area contributed by atoms with E-state index in [2.05, 4.69) is 4.74 Å². The standard InChI is InChI=1S/C33H36Cl2F2N2O9S/c1-33(2,3)48-31(41)18-39(49(43)44)23-10-6-20(7-11-23)8-13-30(40)46-28(15-24-25(34)16-38(42)17-26(24)35)22-9-12-27(47-32(36)37)29(14-22)45-19-21-4-5-21/h6-7,9-12,14,16-17,21,28,32,49H,4-5,8,13,15,18-19H2,1-3H3/t28-/m0/s1. The number of hydrogen-bond donors (Lipinski definition) is 1. The second kappa shape index (κ2) is 16.7. The molecule has 1 fully saturated rings. The third kappa shape index (κ3) is 11.9. The van der Waals surface area contributed by atoms with E-state index >= 15 is 0 Å². The van der Waals surface area contributed by atoms with Crippen LogP contribution in [0.15, 0.2) is 54.9 Å². The third-order valence-electron chi connectivity index (χ3n) is 7.20. The number of rotatable bonds is 16. The van der Waals surface area contributed by atoms with E-state index < -0.39 is 47.7 Å². The second-order valence-electron chi connectivity index (χ2n) is 12.4. The van der Waals surface area contributed by atoms with Gasteiger partial charge in [0.15, 0.2) is 23.9 Å². The van der Waals surface area contributed by atoms with Gasteiger partial charge in [0.05, 0.1) is 12.3 Å². The Balaban J connectivity index is 1.50. The number of alkyl halides is 2. The first-order valence-corrected chi connectivity index (χ1v) is 17.2. The van der Waals surface area contributed by atoms with Gasteiger partial charge < -0.3 is 24.2 Å². The number of benzene rings is 2. The molecule has 1 saturated carbocycles. The van der Waals surface area contributed by atoms with E-state index in [1.54, 1.807) is 32.9 Å². The maximum Gasteiger partial charge on any atom is 0.387 e. The van der Waals surface area contributed by atoms with Gasteiger partial charge in [0.25, 0.3) is 0 Å². The van der Waals surface area contributed by atoms with Crippen LogP contribution < -0.4 is 18.5 Å². The zero-order valence-electron chi connectivity index (χ0n) is 26.9. The monoisotopic (exact) mass is 744 g/mol. The number of carbonyl (C=O) groups excluding carboxylic acids is 2. The van der Waals surface area contributed by atoms with Crippen LogP contribution in [0.1, 0.15) is 62.8 Å². The molecule has 3 aromatic rings. The fourth-order valence-electron chi connectivity index (χ4n) is 4.70. The lowest BCUT2D eigenvalue weighted by atomic mass is 10.0. The fourth-order valence-corrected chi connectivity index (χ4v) is 5.85. The summed E-state index contributed by atoms with van der Waals surface area (Å²) < 4.78 is 72.9. The largest absolute Gasteiger partial charge is 0.619 e. The Kier molecular flexibility index (Phi) is 12.9. The minimum Gasteiger partial charge on any atom is -0.619 e. The highest BCUT2D eigenvalue weighted by atomic mass is 35.5. The average molecular weight is 746 g/mol. The molecule has 0 aliphatic heterocycles. The van der Waals surface area contributed by atoms with Gasteiger partial charge in [-0.15, -0.1) is 0 Å². The lowest BCUT2D eigenvalue weighted by molar-refractivity contribution is -0.605. The van der Waals surface area contributed by atoms with Gasteiger partial charge >= 0.3 is 18.6 Å². The first-order chi connectivity index (χ1) is 23.1. The Morgan fingerprint density at radius 2 is 1.67 bits per heavy atom. The normalized spacial score (nSPS) is 13.7. The predicted molar refractivity (Wildman–Crippen MR) is 178 cm³/mol. The summed E-state index contributed by atoms with van der Waals surface area (Å²) >= 11 is 12.6. The van der Waals surface area contributed by atoms with Crippen molar-refractivity contribution in [2.24, 2.45) is 5.92 Å². The van der Waals surface area contributed by atoms with Gasteiger partial charge in [-0.1, -0.05) is 41.4 Å². The van der Waals surface area contributed by atoms with E-state index in [9.17, 15) is 32.0 Å².